The standard InChI is InChI=1S/C17H24N2O2/c20-17-14-5-1-2-6-16(14)21-12-15(17)19-10-7-13(11-19)18-8-3-4-9-18/h1-2,5-6,13,15,17,20H,3-4,7-12H2. The van der Waals surface area contributed by atoms with Crippen molar-refractivity contribution in [3.05, 3.63) is 29.8 Å². The van der Waals surface area contributed by atoms with Gasteiger partial charge in [0.25, 0.3) is 0 Å². The molecule has 0 radical (unpaired) electrons. The lowest BCUT2D eigenvalue weighted by Crippen LogP contribution is -2.46. The molecule has 0 amide bonds. The second-order valence-corrected chi connectivity index (χ2v) is 6.54. The van der Waals surface area contributed by atoms with Gasteiger partial charge in [0.15, 0.2) is 0 Å². The van der Waals surface area contributed by atoms with E-state index < -0.39 is 6.10 Å². The van der Waals surface area contributed by atoms with E-state index in [9.17, 15) is 5.11 Å². The van der Waals surface area contributed by atoms with E-state index in [-0.39, 0.29) is 6.04 Å². The lowest BCUT2D eigenvalue weighted by atomic mass is 9.98. The fourth-order valence-corrected chi connectivity index (χ4v) is 4.11. The van der Waals surface area contributed by atoms with Crippen LogP contribution in [0.15, 0.2) is 24.3 Å². The maximum absolute atomic E-state index is 10.7. The number of para-hydroxylation sites is 1. The summed E-state index contributed by atoms with van der Waals surface area (Å²) in [5, 5.41) is 10.7. The van der Waals surface area contributed by atoms with Crippen molar-refractivity contribution >= 4 is 0 Å². The van der Waals surface area contributed by atoms with Crippen LogP contribution in [0.1, 0.15) is 30.9 Å². The molecule has 4 heteroatoms. The summed E-state index contributed by atoms with van der Waals surface area (Å²) in [6.45, 7) is 5.27. The zero-order valence-electron chi connectivity index (χ0n) is 12.4. The minimum absolute atomic E-state index is 0.104. The molecule has 0 spiro atoms. The Labute approximate surface area is 126 Å². The number of aliphatic hydroxyl groups is 1. The van der Waals surface area contributed by atoms with E-state index in [2.05, 4.69) is 9.80 Å². The van der Waals surface area contributed by atoms with Crippen molar-refractivity contribution in [1.82, 2.24) is 9.80 Å². The van der Waals surface area contributed by atoms with Gasteiger partial charge in [0.2, 0.25) is 0 Å². The normalized spacial score (nSPS) is 33.9. The topological polar surface area (TPSA) is 35.9 Å². The van der Waals surface area contributed by atoms with Crippen LogP contribution in [-0.4, -0.2) is 59.8 Å². The highest BCUT2D eigenvalue weighted by molar-refractivity contribution is 5.37. The van der Waals surface area contributed by atoms with Crippen molar-refractivity contribution in [3.8, 4) is 5.75 Å². The van der Waals surface area contributed by atoms with Crippen molar-refractivity contribution in [2.45, 2.75) is 37.5 Å². The Balaban J connectivity index is 1.46. The maximum Gasteiger partial charge on any atom is 0.125 e. The van der Waals surface area contributed by atoms with E-state index in [1.54, 1.807) is 0 Å². The molecule has 21 heavy (non-hydrogen) atoms. The van der Waals surface area contributed by atoms with Gasteiger partial charge >= 0.3 is 0 Å². The molecule has 0 bridgehead atoms. The van der Waals surface area contributed by atoms with Crippen molar-refractivity contribution in [3.63, 3.8) is 0 Å². The zero-order chi connectivity index (χ0) is 14.2. The Morgan fingerprint density at radius 2 is 1.86 bits per heavy atom. The van der Waals surface area contributed by atoms with Crippen molar-refractivity contribution in [2.75, 3.05) is 32.8 Å². The maximum atomic E-state index is 10.7. The third kappa shape index (κ3) is 2.45. The smallest absolute Gasteiger partial charge is 0.125 e. The molecule has 4 nitrogen and oxygen atoms in total. The second kappa shape index (κ2) is 5.59. The van der Waals surface area contributed by atoms with Gasteiger partial charge in [0.05, 0.1) is 6.04 Å². The number of ether oxygens (including phenoxy) is 1. The summed E-state index contributed by atoms with van der Waals surface area (Å²) in [6.07, 6.45) is 3.50. The van der Waals surface area contributed by atoms with Crippen LogP contribution >= 0.6 is 0 Å². The van der Waals surface area contributed by atoms with Crippen LogP contribution in [0.3, 0.4) is 0 Å². The number of hydrogen-bond acceptors (Lipinski definition) is 4. The van der Waals surface area contributed by atoms with Crippen molar-refractivity contribution in [1.29, 1.82) is 0 Å². The predicted octanol–water partition coefficient (Wildman–Crippen LogP) is 1.65. The van der Waals surface area contributed by atoms with Crippen LogP contribution in [0.5, 0.6) is 5.75 Å². The zero-order valence-corrected chi connectivity index (χ0v) is 12.4. The van der Waals surface area contributed by atoms with Gasteiger partial charge in [-0.05, 0) is 38.4 Å². The number of likely N-dealkylation sites (tertiary alicyclic amines) is 2. The molecule has 0 aromatic heterocycles. The Morgan fingerprint density at radius 1 is 1.05 bits per heavy atom. The van der Waals surface area contributed by atoms with Gasteiger partial charge in [-0.1, -0.05) is 18.2 Å². The van der Waals surface area contributed by atoms with E-state index in [4.69, 9.17) is 4.74 Å². The molecule has 114 valence electrons. The van der Waals surface area contributed by atoms with E-state index >= 15 is 0 Å². The third-order valence-electron chi connectivity index (χ3n) is 5.33. The quantitative estimate of drug-likeness (QED) is 0.898. The SMILES string of the molecule is OC1c2ccccc2OCC1N1CCC(N2CCCC2)C1. The average molecular weight is 288 g/mol. The highest BCUT2D eigenvalue weighted by Crippen LogP contribution is 2.35. The fraction of sp³-hybridized carbons (Fsp3) is 0.647. The average Bonchev–Trinajstić information content (AvgIpc) is 3.19. The number of hydrogen-bond donors (Lipinski definition) is 1. The van der Waals surface area contributed by atoms with Gasteiger partial charge in [0, 0.05) is 24.7 Å². The van der Waals surface area contributed by atoms with Crippen LogP contribution in [0.4, 0.5) is 0 Å². The van der Waals surface area contributed by atoms with Crippen molar-refractivity contribution in [2.24, 2.45) is 0 Å². The summed E-state index contributed by atoms with van der Waals surface area (Å²) in [7, 11) is 0. The summed E-state index contributed by atoms with van der Waals surface area (Å²) in [5.74, 6) is 0.844. The molecular formula is C17H24N2O2. The molecule has 1 aromatic carbocycles. The minimum Gasteiger partial charge on any atom is -0.491 e. The number of benzene rings is 1. The summed E-state index contributed by atoms with van der Waals surface area (Å²) < 4.78 is 5.86. The van der Waals surface area contributed by atoms with Gasteiger partial charge in [-0.3, -0.25) is 9.80 Å². The highest BCUT2D eigenvalue weighted by atomic mass is 16.5. The number of rotatable bonds is 2. The molecule has 3 heterocycles. The van der Waals surface area contributed by atoms with Crippen LogP contribution in [0.25, 0.3) is 0 Å². The minimum atomic E-state index is -0.424. The van der Waals surface area contributed by atoms with Gasteiger partial charge in [0.1, 0.15) is 18.5 Å². The number of fused-ring (bicyclic) bond motifs is 1. The molecular weight excluding hydrogens is 264 g/mol. The first-order valence-electron chi connectivity index (χ1n) is 8.21. The van der Waals surface area contributed by atoms with E-state index in [0.717, 1.165) is 24.4 Å². The van der Waals surface area contributed by atoms with E-state index in [1.165, 1.54) is 32.4 Å². The van der Waals surface area contributed by atoms with Gasteiger partial charge in [-0.2, -0.15) is 0 Å². The lowest BCUT2D eigenvalue weighted by molar-refractivity contribution is 0.0112. The highest BCUT2D eigenvalue weighted by Gasteiger charge is 2.38. The lowest BCUT2D eigenvalue weighted by Gasteiger charge is -2.36. The van der Waals surface area contributed by atoms with Gasteiger partial charge in [-0.15, -0.1) is 0 Å². The van der Waals surface area contributed by atoms with Crippen LogP contribution in [0, 0.1) is 0 Å². The molecule has 2 saturated heterocycles. The number of nitrogens with zero attached hydrogens (tertiary/aromatic N) is 2. The monoisotopic (exact) mass is 288 g/mol. The summed E-state index contributed by atoms with van der Waals surface area (Å²) in [4.78, 5) is 5.06. The molecule has 3 aliphatic rings. The molecule has 1 N–H and O–H groups in total. The largest absolute Gasteiger partial charge is 0.491 e. The Bertz CT molecular complexity index is 501. The number of aliphatic hydroxyl groups excluding tert-OH is 1. The van der Waals surface area contributed by atoms with Gasteiger partial charge in [-0.25, -0.2) is 0 Å². The van der Waals surface area contributed by atoms with E-state index in [0.29, 0.717) is 12.6 Å². The Kier molecular flexibility index (Phi) is 3.61. The molecule has 3 aliphatic heterocycles. The summed E-state index contributed by atoms with van der Waals surface area (Å²) in [5.41, 5.74) is 0.943. The first-order valence-corrected chi connectivity index (χ1v) is 8.21. The molecule has 4 rings (SSSR count). The molecule has 0 saturated carbocycles. The predicted molar refractivity (Wildman–Crippen MR) is 81.5 cm³/mol. The van der Waals surface area contributed by atoms with Crippen LogP contribution < -0.4 is 4.74 Å². The van der Waals surface area contributed by atoms with E-state index in [1.807, 2.05) is 24.3 Å². The summed E-state index contributed by atoms with van der Waals surface area (Å²) >= 11 is 0. The first kappa shape index (κ1) is 13.6. The van der Waals surface area contributed by atoms with Crippen LogP contribution in [-0.2, 0) is 0 Å². The van der Waals surface area contributed by atoms with Crippen LogP contribution in [0.2, 0.25) is 0 Å². The first-order chi connectivity index (χ1) is 10.3. The Hall–Kier alpha value is -1.10. The van der Waals surface area contributed by atoms with Crippen molar-refractivity contribution < 1.29 is 9.84 Å². The fourth-order valence-electron chi connectivity index (χ4n) is 4.11. The molecule has 2 fully saturated rings. The summed E-state index contributed by atoms with van der Waals surface area (Å²) in [6, 6.07) is 8.66. The second-order valence-electron chi connectivity index (χ2n) is 6.54. The third-order valence-corrected chi connectivity index (χ3v) is 5.33. The molecule has 1 aromatic rings. The molecule has 3 atom stereocenters. The van der Waals surface area contributed by atoms with Gasteiger partial charge < -0.3 is 9.84 Å². The Morgan fingerprint density at radius 3 is 2.71 bits per heavy atom. The molecule has 0 aliphatic carbocycles. The molecule has 3 unspecified atom stereocenters.